The van der Waals surface area contributed by atoms with Gasteiger partial charge < -0.3 is 14.6 Å². The molecule has 3 atom stereocenters. The Morgan fingerprint density at radius 1 is 0.875 bits per heavy atom. The van der Waals surface area contributed by atoms with Gasteiger partial charge in [-0.2, -0.15) is 0 Å². The number of aliphatic hydroxyl groups excluding tert-OH is 1. The van der Waals surface area contributed by atoms with E-state index in [9.17, 15) is 5.11 Å². The maximum absolute atomic E-state index is 10.0. The molecule has 2 aliphatic rings. The Kier molecular flexibility index (Phi) is 4.29. The van der Waals surface area contributed by atoms with Crippen molar-refractivity contribution < 1.29 is 14.6 Å². The number of halogens is 2. The number of benzene rings is 2. The van der Waals surface area contributed by atoms with Crippen molar-refractivity contribution in [3.8, 4) is 0 Å². The first-order chi connectivity index (χ1) is 11.6. The molecule has 1 N–H and O–H groups in total. The van der Waals surface area contributed by atoms with Crippen molar-refractivity contribution in [1.29, 1.82) is 0 Å². The predicted octanol–water partition coefficient (Wildman–Crippen LogP) is 3.78. The Bertz CT molecular complexity index is 663. The van der Waals surface area contributed by atoms with Gasteiger partial charge in [-0.25, -0.2) is 4.90 Å². The molecule has 2 aromatic rings. The zero-order valence-electron chi connectivity index (χ0n) is 12.9. The van der Waals surface area contributed by atoms with E-state index in [1.165, 1.54) is 0 Å². The summed E-state index contributed by atoms with van der Waals surface area (Å²) in [6.07, 6.45) is -0.588. The normalized spacial score (nSPS) is 29.8. The number of rotatable bonds is 3. The quantitative estimate of drug-likeness (QED) is 0.898. The van der Waals surface area contributed by atoms with E-state index in [-0.39, 0.29) is 19.1 Å². The number of nitrogens with zero attached hydrogens (tertiary/aromatic N) is 1. The molecule has 0 amide bonds. The summed E-state index contributed by atoms with van der Waals surface area (Å²) in [4.78, 5) is 2.11. The van der Waals surface area contributed by atoms with Crippen molar-refractivity contribution in [1.82, 2.24) is 4.90 Å². The van der Waals surface area contributed by atoms with Crippen molar-refractivity contribution >= 4 is 23.2 Å². The van der Waals surface area contributed by atoms with E-state index in [1.807, 2.05) is 48.5 Å². The Morgan fingerprint density at radius 2 is 1.29 bits per heavy atom. The van der Waals surface area contributed by atoms with Gasteiger partial charge in [0, 0.05) is 10.0 Å². The second kappa shape index (κ2) is 6.30. The molecule has 4 nitrogen and oxygen atoms in total. The van der Waals surface area contributed by atoms with Crippen LogP contribution in [0.25, 0.3) is 0 Å². The molecule has 2 fully saturated rings. The lowest BCUT2D eigenvalue weighted by atomic mass is 10.0. The number of hydrogen-bond donors (Lipinski definition) is 1. The third-order valence-electron chi connectivity index (χ3n) is 4.68. The van der Waals surface area contributed by atoms with Crippen LogP contribution in [0.3, 0.4) is 0 Å². The number of hydrogen-bond acceptors (Lipinski definition) is 4. The van der Waals surface area contributed by atoms with Crippen LogP contribution in [0.5, 0.6) is 0 Å². The van der Waals surface area contributed by atoms with Crippen molar-refractivity contribution in [3.05, 3.63) is 69.7 Å². The fraction of sp³-hybridized carbons (Fsp3) is 0.333. The monoisotopic (exact) mass is 365 g/mol. The predicted molar refractivity (Wildman–Crippen MR) is 91.9 cm³/mol. The first-order valence-corrected chi connectivity index (χ1v) is 8.52. The third kappa shape index (κ3) is 2.64. The fourth-order valence-electron chi connectivity index (χ4n) is 3.38. The highest BCUT2D eigenvalue weighted by molar-refractivity contribution is 6.30. The van der Waals surface area contributed by atoms with Gasteiger partial charge in [0.25, 0.3) is 0 Å². The zero-order valence-corrected chi connectivity index (χ0v) is 14.4. The summed E-state index contributed by atoms with van der Waals surface area (Å²) in [7, 11) is 0. The first kappa shape index (κ1) is 16.3. The average molecular weight is 366 g/mol. The van der Waals surface area contributed by atoms with E-state index in [0.29, 0.717) is 23.3 Å². The van der Waals surface area contributed by atoms with Crippen molar-refractivity contribution in [2.24, 2.45) is 0 Å². The minimum Gasteiger partial charge on any atom is -0.394 e. The summed E-state index contributed by atoms with van der Waals surface area (Å²) >= 11 is 12.0. The Morgan fingerprint density at radius 3 is 1.67 bits per heavy atom. The van der Waals surface area contributed by atoms with Gasteiger partial charge in [-0.05, 0) is 35.4 Å². The lowest BCUT2D eigenvalue weighted by Crippen LogP contribution is -2.47. The Labute approximate surface area is 150 Å². The maximum Gasteiger partial charge on any atom is 0.139 e. The second-order valence-corrected chi connectivity index (χ2v) is 7.09. The van der Waals surface area contributed by atoms with Crippen LogP contribution in [0.2, 0.25) is 10.0 Å². The van der Waals surface area contributed by atoms with Gasteiger partial charge in [-0.1, -0.05) is 47.5 Å². The molecule has 2 aliphatic heterocycles. The molecule has 6 heteroatoms. The molecule has 0 aromatic heterocycles. The van der Waals surface area contributed by atoms with Gasteiger partial charge in [0.1, 0.15) is 12.5 Å². The minimum atomic E-state index is -0.533. The number of ether oxygens (including phenoxy) is 2. The van der Waals surface area contributed by atoms with Crippen LogP contribution in [0.4, 0.5) is 0 Å². The molecule has 0 aliphatic carbocycles. The molecule has 24 heavy (non-hydrogen) atoms. The topological polar surface area (TPSA) is 41.9 Å². The van der Waals surface area contributed by atoms with Crippen molar-refractivity contribution in [3.63, 3.8) is 0 Å². The van der Waals surface area contributed by atoms with Crippen LogP contribution in [0, 0.1) is 0 Å². The van der Waals surface area contributed by atoms with Gasteiger partial charge in [-0.15, -0.1) is 0 Å². The van der Waals surface area contributed by atoms with Gasteiger partial charge >= 0.3 is 0 Å². The molecule has 2 aromatic carbocycles. The standard InChI is InChI=1S/C18H17Cl2NO3/c19-14-5-1-12(2-6-14)16-21-17(13-3-7-15(20)8-4-13)24-11-18(21,9-22)10-23-16/h1-8,16-17,22H,9-11H2/t16-,17+,18?. The number of aliphatic hydroxyl groups is 1. The summed E-state index contributed by atoms with van der Waals surface area (Å²) in [6.45, 7) is 0.808. The largest absolute Gasteiger partial charge is 0.394 e. The highest BCUT2D eigenvalue weighted by atomic mass is 35.5. The van der Waals surface area contributed by atoms with Gasteiger partial charge in [0.15, 0.2) is 0 Å². The van der Waals surface area contributed by atoms with Crippen molar-refractivity contribution in [2.75, 3.05) is 19.8 Å². The van der Waals surface area contributed by atoms with Gasteiger partial charge in [-0.3, -0.25) is 0 Å². The molecule has 2 saturated heterocycles. The van der Waals surface area contributed by atoms with E-state index < -0.39 is 5.54 Å². The molecule has 0 bridgehead atoms. The summed E-state index contributed by atoms with van der Waals surface area (Å²) in [5, 5.41) is 11.4. The fourth-order valence-corrected chi connectivity index (χ4v) is 3.63. The molecule has 1 unspecified atom stereocenters. The molecule has 2 heterocycles. The highest BCUT2D eigenvalue weighted by Gasteiger charge is 2.56. The molecule has 4 rings (SSSR count). The average Bonchev–Trinajstić information content (AvgIpc) is 3.14. The molecular formula is C18H17Cl2NO3. The summed E-state index contributed by atoms with van der Waals surface area (Å²) in [5.41, 5.74) is 1.44. The zero-order chi connectivity index (χ0) is 16.7. The second-order valence-electron chi connectivity index (χ2n) is 6.22. The number of fused-ring (bicyclic) bond motifs is 1. The summed E-state index contributed by atoms with van der Waals surface area (Å²) in [6, 6.07) is 15.1. The molecule has 126 valence electrons. The Balaban J connectivity index is 1.72. The molecule has 0 spiro atoms. The lowest BCUT2D eigenvalue weighted by molar-refractivity contribution is -0.0630. The summed E-state index contributed by atoms with van der Waals surface area (Å²) in [5.74, 6) is 0. The van der Waals surface area contributed by atoms with E-state index in [4.69, 9.17) is 32.7 Å². The SMILES string of the molecule is OCC12CO[C@H](c3ccc(Cl)cc3)N1[C@H](c1ccc(Cl)cc1)OC2. The van der Waals surface area contributed by atoms with Gasteiger partial charge in [0.05, 0.1) is 25.4 Å². The van der Waals surface area contributed by atoms with Crippen LogP contribution < -0.4 is 0 Å². The van der Waals surface area contributed by atoms with Crippen LogP contribution in [0.15, 0.2) is 48.5 Å². The highest BCUT2D eigenvalue weighted by Crippen LogP contribution is 2.48. The summed E-state index contributed by atoms with van der Waals surface area (Å²) < 4.78 is 12.1. The third-order valence-corrected chi connectivity index (χ3v) is 5.18. The van der Waals surface area contributed by atoms with Crippen LogP contribution in [-0.4, -0.2) is 35.4 Å². The van der Waals surface area contributed by atoms with Crippen molar-refractivity contribution in [2.45, 2.75) is 18.0 Å². The van der Waals surface area contributed by atoms with E-state index >= 15 is 0 Å². The van der Waals surface area contributed by atoms with E-state index in [2.05, 4.69) is 4.90 Å². The molecule has 0 radical (unpaired) electrons. The Hall–Kier alpha value is -1.14. The first-order valence-electron chi connectivity index (χ1n) is 7.76. The smallest absolute Gasteiger partial charge is 0.139 e. The van der Waals surface area contributed by atoms with E-state index in [1.54, 1.807) is 0 Å². The van der Waals surface area contributed by atoms with E-state index in [0.717, 1.165) is 11.1 Å². The maximum atomic E-state index is 10.0. The van der Waals surface area contributed by atoms with Crippen LogP contribution >= 0.6 is 23.2 Å². The molecule has 0 saturated carbocycles. The van der Waals surface area contributed by atoms with Gasteiger partial charge in [0.2, 0.25) is 0 Å². The van der Waals surface area contributed by atoms with Crippen LogP contribution in [-0.2, 0) is 9.47 Å². The molecular weight excluding hydrogens is 349 g/mol. The van der Waals surface area contributed by atoms with Crippen LogP contribution in [0.1, 0.15) is 23.6 Å². The lowest BCUT2D eigenvalue weighted by Gasteiger charge is -2.33. The minimum absolute atomic E-state index is 0.0266.